The van der Waals surface area contributed by atoms with E-state index in [0.717, 1.165) is 24.8 Å². The Hall–Kier alpha value is -2.32. The minimum absolute atomic E-state index is 0.0262. The molecule has 3 saturated heterocycles. The fraction of sp³-hybridized carbons (Fsp3) is 0.607. The Morgan fingerprint density at radius 3 is 2.67 bits per heavy atom. The molecule has 2 bridgehead atoms. The van der Waals surface area contributed by atoms with E-state index >= 15 is 0 Å². The third-order valence-corrected chi connectivity index (χ3v) is 10.0. The summed E-state index contributed by atoms with van der Waals surface area (Å²) in [7, 11) is 0. The molecule has 0 aromatic heterocycles. The zero-order valence-electron chi connectivity index (χ0n) is 21.5. The van der Waals surface area contributed by atoms with Crippen LogP contribution in [0.2, 0.25) is 0 Å². The van der Waals surface area contributed by atoms with Crippen molar-refractivity contribution in [2.45, 2.75) is 74.6 Å². The molecule has 3 aliphatic heterocycles. The summed E-state index contributed by atoms with van der Waals surface area (Å²) in [6.45, 7) is 10.1. The molecule has 3 fully saturated rings. The highest BCUT2D eigenvalue weighted by Crippen LogP contribution is 2.67. The average Bonchev–Trinajstić information content (AvgIpc) is 3.51. The van der Waals surface area contributed by atoms with Crippen LogP contribution in [-0.4, -0.2) is 74.5 Å². The molecule has 3 heterocycles. The maximum Gasteiger partial charge on any atom is 0.310 e. The molecule has 7 nitrogen and oxygen atoms in total. The second-order valence-electron chi connectivity index (χ2n) is 10.1. The summed E-state index contributed by atoms with van der Waals surface area (Å²) < 4.78 is 4.69. The van der Waals surface area contributed by atoms with Gasteiger partial charge in [0.15, 0.2) is 0 Å². The van der Waals surface area contributed by atoms with E-state index in [0.29, 0.717) is 13.0 Å². The van der Waals surface area contributed by atoms with Gasteiger partial charge < -0.3 is 19.6 Å². The van der Waals surface area contributed by atoms with Gasteiger partial charge in [-0.1, -0.05) is 49.8 Å². The van der Waals surface area contributed by atoms with Crippen molar-refractivity contribution in [3.05, 3.63) is 48.6 Å². The Morgan fingerprint density at radius 2 is 2.06 bits per heavy atom. The number of hydrogen-bond donors (Lipinski definition) is 1. The van der Waals surface area contributed by atoms with Crippen LogP contribution < -0.4 is 0 Å². The number of benzene rings is 1. The number of hydrogen-bond acceptors (Lipinski definition) is 6. The van der Waals surface area contributed by atoms with Crippen LogP contribution in [-0.2, 0) is 19.1 Å². The first-order chi connectivity index (χ1) is 17.4. The third kappa shape index (κ3) is 4.26. The first-order valence-electron chi connectivity index (χ1n) is 13.1. The SMILES string of the molecule is C=CCN(C(=O)C1N([C@H](CO)c2ccccc2)C(=O)[C@@H]2[C@@H](C(=O)OCC)[C@H]3CCC12S3)C(C)CCC. The van der Waals surface area contributed by atoms with Gasteiger partial charge in [-0.3, -0.25) is 14.4 Å². The van der Waals surface area contributed by atoms with Crippen LogP contribution in [0.15, 0.2) is 43.0 Å². The number of amides is 2. The van der Waals surface area contributed by atoms with Gasteiger partial charge in [-0.25, -0.2) is 0 Å². The zero-order chi connectivity index (χ0) is 26.0. The summed E-state index contributed by atoms with van der Waals surface area (Å²) in [5.74, 6) is -1.93. The largest absolute Gasteiger partial charge is 0.466 e. The Bertz CT molecular complexity index is 987. The Balaban J connectivity index is 1.83. The summed E-state index contributed by atoms with van der Waals surface area (Å²) in [6.07, 6.45) is 4.92. The van der Waals surface area contributed by atoms with Gasteiger partial charge >= 0.3 is 5.97 Å². The lowest BCUT2D eigenvalue weighted by Gasteiger charge is -2.41. The molecular weight excluding hydrogens is 476 g/mol. The first kappa shape index (κ1) is 26.7. The lowest BCUT2D eigenvalue weighted by atomic mass is 9.71. The van der Waals surface area contributed by atoms with Crippen LogP contribution in [0.3, 0.4) is 0 Å². The van der Waals surface area contributed by atoms with E-state index in [-0.39, 0.29) is 42.3 Å². The van der Waals surface area contributed by atoms with Gasteiger partial charge in [-0.05, 0) is 38.7 Å². The quantitative estimate of drug-likeness (QED) is 0.359. The monoisotopic (exact) mass is 514 g/mol. The molecule has 8 heteroatoms. The molecule has 1 N–H and O–H groups in total. The summed E-state index contributed by atoms with van der Waals surface area (Å²) in [5.41, 5.74) is 0.770. The molecule has 0 aliphatic carbocycles. The molecule has 4 rings (SSSR count). The molecule has 1 spiro atoms. The van der Waals surface area contributed by atoms with Crippen molar-refractivity contribution in [3.63, 3.8) is 0 Å². The van der Waals surface area contributed by atoms with Crippen molar-refractivity contribution in [1.82, 2.24) is 9.80 Å². The van der Waals surface area contributed by atoms with E-state index in [9.17, 15) is 19.5 Å². The van der Waals surface area contributed by atoms with Crippen molar-refractivity contribution >= 4 is 29.5 Å². The first-order valence-corrected chi connectivity index (χ1v) is 14.0. The molecule has 3 unspecified atom stereocenters. The highest BCUT2D eigenvalue weighted by atomic mass is 32.2. The number of thioether (sulfide) groups is 1. The normalized spacial score (nSPS) is 30.1. The number of fused-ring (bicyclic) bond motifs is 1. The predicted octanol–water partition coefficient (Wildman–Crippen LogP) is 3.58. The predicted molar refractivity (Wildman–Crippen MR) is 140 cm³/mol. The number of aliphatic hydroxyl groups excluding tert-OH is 1. The molecule has 7 atom stereocenters. The van der Waals surface area contributed by atoms with Gasteiger partial charge in [0.05, 0.1) is 35.8 Å². The summed E-state index contributed by atoms with van der Waals surface area (Å²) >= 11 is 1.62. The lowest BCUT2D eigenvalue weighted by molar-refractivity contribution is -0.154. The van der Waals surface area contributed by atoms with Crippen LogP contribution >= 0.6 is 11.8 Å². The molecule has 0 radical (unpaired) electrons. The average molecular weight is 515 g/mol. The molecule has 1 aromatic rings. The summed E-state index contributed by atoms with van der Waals surface area (Å²) in [6, 6.07) is 7.87. The van der Waals surface area contributed by atoms with Gasteiger partial charge in [-0.2, -0.15) is 0 Å². The number of esters is 1. The van der Waals surface area contributed by atoms with Crippen molar-refractivity contribution in [1.29, 1.82) is 0 Å². The fourth-order valence-electron chi connectivity index (χ4n) is 6.60. The topological polar surface area (TPSA) is 87.2 Å². The lowest BCUT2D eigenvalue weighted by Crippen LogP contribution is -2.57. The standard InChI is InChI=1S/C28H38N2O5S/c1-5-11-18(4)29(16-6-2)26(33)24-28-15-14-21(36-28)22(27(34)35-7-3)23(28)25(32)30(24)20(17-31)19-12-9-8-10-13-19/h6,8-10,12-13,18,20-24,31H,2,5,7,11,14-17H2,1,3-4H3/t18?,20-,21-,22+,23+,24?,28?/m1/s1. The number of ether oxygens (including phenoxy) is 1. The van der Waals surface area contributed by atoms with E-state index in [2.05, 4.69) is 13.5 Å². The number of carbonyl (C=O) groups is 3. The number of rotatable bonds is 11. The molecule has 3 aliphatic rings. The second-order valence-corrected chi connectivity index (χ2v) is 11.7. The van der Waals surface area contributed by atoms with Crippen LogP contribution in [0, 0.1) is 11.8 Å². The number of likely N-dealkylation sites (tertiary alicyclic amines) is 1. The van der Waals surface area contributed by atoms with E-state index < -0.39 is 28.7 Å². The zero-order valence-corrected chi connectivity index (χ0v) is 22.3. The van der Waals surface area contributed by atoms with Crippen LogP contribution in [0.4, 0.5) is 0 Å². The molecule has 1 aromatic carbocycles. The molecule has 0 saturated carbocycles. The Kier molecular flexibility index (Phi) is 8.15. The van der Waals surface area contributed by atoms with Gasteiger partial charge in [0.1, 0.15) is 6.04 Å². The second kappa shape index (κ2) is 11.0. The van der Waals surface area contributed by atoms with Crippen molar-refractivity contribution in [2.75, 3.05) is 19.8 Å². The number of nitrogens with zero attached hydrogens (tertiary/aromatic N) is 2. The minimum Gasteiger partial charge on any atom is -0.466 e. The fourth-order valence-corrected chi connectivity index (χ4v) is 8.79. The number of carbonyl (C=O) groups excluding carboxylic acids is 3. The van der Waals surface area contributed by atoms with Crippen molar-refractivity contribution in [2.24, 2.45) is 11.8 Å². The number of aliphatic hydroxyl groups is 1. The smallest absolute Gasteiger partial charge is 0.310 e. The maximum absolute atomic E-state index is 14.5. The van der Waals surface area contributed by atoms with Gasteiger partial charge in [0.25, 0.3) is 0 Å². The van der Waals surface area contributed by atoms with Gasteiger partial charge in [0, 0.05) is 17.8 Å². The van der Waals surface area contributed by atoms with Crippen LogP contribution in [0.25, 0.3) is 0 Å². The van der Waals surface area contributed by atoms with Crippen molar-refractivity contribution < 1.29 is 24.2 Å². The Morgan fingerprint density at radius 1 is 1.33 bits per heavy atom. The summed E-state index contributed by atoms with van der Waals surface area (Å²) in [5, 5.41) is 10.5. The molecule has 2 amide bonds. The van der Waals surface area contributed by atoms with E-state index in [4.69, 9.17) is 4.74 Å². The molecule has 196 valence electrons. The highest BCUT2D eigenvalue weighted by molar-refractivity contribution is 8.02. The molecule has 36 heavy (non-hydrogen) atoms. The van der Waals surface area contributed by atoms with Crippen molar-refractivity contribution in [3.8, 4) is 0 Å². The Labute approximate surface area is 218 Å². The highest BCUT2D eigenvalue weighted by Gasteiger charge is 2.75. The van der Waals surface area contributed by atoms with Gasteiger partial charge in [-0.15, -0.1) is 18.3 Å². The minimum atomic E-state index is -0.777. The van der Waals surface area contributed by atoms with E-state index in [1.165, 1.54) is 0 Å². The van der Waals surface area contributed by atoms with Gasteiger partial charge in [0.2, 0.25) is 11.8 Å². The molecular formula is C28H38N2O5S. The summed E-state index contributed by atoms with van der Waals surface area (Å²) in [4.78, 5) is 45.2. The van der Waals surface area contributed by atoms with Crippen LogP contribution in [0.1, 0.15) is 58.1 Å². The maximum atomic E-state index is 14.5. The van der Waals surface area contributed by atoms with Crippen LogP contribution in [0.5, 0.6) is 0 Å². The van der Waals surface area contributed by atoms with E-state index in [1.807, 2.05) is 42.2 Å². The third-order valence-electron chi connectivity index (χ3n) is 8.07. The van der Waals surface area contributed by atoms with E-state index in [1.54, 1.807) is 29.7 Å².